The van der Waals surface area contributed by atoms with Crippen LogP contribution in [0.5, 0.6) is 0 Å². The lowest BCUT2D eigenvalue weighted by molar-refractivity contribution is -0.112. The molecule has 0 amide bonds. The van der Waals surface area contributed by atoms with Gasteiger partial charge in [-0.05, 0) is 37.7 Å². The van der Waals surface area contributed by atoms with Crippen molar-refractivity contribution in [1.82, 2.24) is 5.32 Å². The first kappa shape index (κ1) is 13.7. The van der Waals surface area contributed by atoms with E-state index in [4.69, 9.17) is 0 Å². The van der Waals surface area contributed by atoms with E-state index in [-0.39, 0.29) is 5.92 Å². The Morgan fingerprint density at radius 2 is 1.95 bits per heavy atom. The highest BCUT2D eigenvalue weighted by molar-refractivity contribution is 5.53. The molecule has 2 fully saturated rings. The molecular formula is C17H22FNO. The molecule has 2 saturated carbocycles. The molecule has 0 spiro atoms. The first-order valence-corrected chi connectivity index (χ1v) is 7.63. The van der Waals surface area contributed by atoms with Crippen LogP contribution in [0, 0.1) is 5.92 Å². The zero-order valence-electron chi connectivity index (χ0n) is 11.7. The van der Waals surface area contributed by atoms with Crippen LogP contribution in [0.4, 0.5) is 4.39 Å². The Kier molecular flexibility index (Phi) is 3.88. The average molecular weight is 275 g/mol. The molecule has 1 aromatic rings. The smallest absolute Gasteiger partial charge is 0.123 e. The van der Waals surface area contributed by atoms with Crippen molar-refractivity contribution in [2.45, 2.75) is 49.7 Å². The summed E-state index contributed by atoms with van der Waals surface area (Å²) in [6.45, 7) is 0.437. The molecular weight excluding hydrogens is 253 g/mol. The van der Waals surface area contributed by atoms with Gasteiger partial charge in [0.1, 0.15) is 12.0 Å². The van der Waals surface area contributed by atoms with E-state index in [9.17, 15) is 9.18 Å². The number of benzene rings is 1. The fourth-order valence-electron chi connectivity index (χ4n) is 3.27. The molecule has 20 heavy (non-hydrogen) atoms. The number of hydrogen-bond acceptors (Lipinski definition) is 2. The Balaban J connectivity index is 1.46. The SMILES string of the molecule is O=CC1CCC(F)(CNC2CC2c2ccccc2)CC1. The van der Waals surface area contributed by atoms with Crippen molar-refractivity contribution in [3.05, 3.63) is 35.9 Å². The van der Waals surface area contributed by atoms with Crippen molar-refractivity contribution in [1.29, 1.82) is 0 Å². The molecule has 0 aliphatic heterocycles. The van der Waals surface area contributed by atoms with E-state index in [2.05, 4.69) is 29.6 Å². The van der Waals surface area contributed by atoms with Crippen LogP contribution in [0.15, 0.2) is 30.3 Å². The van der Waals surface area contributed by atoms with Crippen LogP contribution in [-0.4, -0.2) is 24.5 Å². The third kappa shape index (κ3) is 3.09. The van der Waals surface area contributed by atoms with E-state index in [1.165, 1.54) is 5.56 Å². The topological polar surface area (TPSA) is 29.1 Å². The van der Waals surface area contributed by atoms with Gasteiger partial charge in [0.15, 0.2) is 0 Å². The van der Waals surface area contributed by atoms with E-state index in [0.29, 0.717) is 44.2 Å². The highest BCUT2D eigenvalue weighted by atomic mass is 19.1. The summed E-state index contributed by atoms with van der Waals surface area (Å²) < 4.78 is 14.6. The Morgan fingerprint density at radius 1 is 1.25 bits per heavy atom. The molecule has 1 N–H and O–H groups in total. The average Bonchev–Trinajstić information content (AvgIpc) is 3.27. The highest BCUT2D eigenvalue weighted by Crippen LogP contribution is 2.41. The standard InChI is InChI=1S/C17H22FNO/c18-17(8-6-13(11-20)7-9-17)12-19-16-10-15(16)14-4-2-1-3-5-14/h1-5,11,13,15-16,19H,6-10,12H2. The van der Waals surface area contributed by atoms with Gasteiger partial charge in [0.2, 0.25) is 0 Å². The first-order chi connectivity index (χ1) is 9.70. The van der Waals surface area contributed by atoms with E-state index in [1.807, 2.05) is 6.07 Å². The predicted octanol–water partition coefficient (Wildman–Crippen LogP) is 3.23. The van der Waals surface area contributed by atoms with Crippen molar-refractivity contribution < 1.29 is 9.18 Å². The minimum Gasteiger partial charge on any atom is -0.310 e. The summed E-state index contributed by atoms with van der Waals surface area (Å²) in [4.78, 5) is 10.7. The summed E-state index contributed by atoms with van der Waals surface area (Å²) in [5.41, 5.74) is 0.242. The number of nitrogens with one attached hydrogen (secondary N) is 1. The summed E-state index contributed by atoms with van der Waals surface area (Å²) >= 11 is 0. The van der Waals surface area contributed by atoms with E-state index in [1.54, 1.807) is 0 Å². The zero-order valence-corrected chi connectivity index (χ0v) is 11.7. The minimum absolute atomic E-state index is 0.0804. The zero-order chi connectivity index (χ0) is 14.0. The molecule has 0 bridgehead atoms. The van der Waals surface area contributed by atoms with Crippen LogP contribution >= 0.6 is 0 Å². The molecule has 2 aliphatic rings. The maximum absolute atomic E-state index is 14.6. The number of rotatable bonds is 5. The minimum atomic E-state index is -1.11. The molecule has 0 radical (unpaired) electrons. The molecule has 3 heteroatoms. The lowest BCUT2D eigenvalue weighted by Crippen LogP contribution is -2.41. The summed E-state index contributed by atoms with van der Waals surface area (Å²) in [6.07, 6.45) is 4.54. The lowest BCUT2D eigenvalue weighted by Gasteiger charge is -2.32. The highest BCUT2D eigenvalue weighted by Gasteiger charge is 2.41. The van der Waals surface area contributed by atoms with E-state index >= 15 is 0 Å². The molecule has 108 valence electrons. The maximum Gasteiger partial charge on any atom is 0.123 e. The third-order valence-corrected chi connectivity index (χ3v) is 4.82. The van der Waals surface area contributed by atoms with Crippen LogP contribution in [-0.2, 0) is 4.79 Å². The molecule has 3 rings (SSSR count). The van der Waals surface area contributed by atoms with Crippen LogP contribution in [0.1, 0.15) is 43.6 Å². The van der Waals surface area contributed by atoms with Crippen molar-refractivity contribution in [3.8, 4) is 0 Å². The number of alkyl halides is 1. The van der Waals surface area contributed by atoms with Gasteiger partial charge in [0, 0.05) is 24.4 Å². The second-order valence-electron chi connectivity index (χ2n) is 6.36. The predicted molar refractivity (Wildman–Crippen MR) is 77.5 cm³/mol. The lowest BCUT2D eigenvalue weighted by atomic mass is 9.80. The van der Waals surface area contributed by atoms with Gasteiger partial charge in [-0.25, -0.2) is 4.39 Å². The van der Waals surface area contributed by atoms with Crippen molar-refractivity contribution in [2.75, 3.05) is 6.54 Å². The molecule has 0 aromatic heterocycles. The molecule has 2 unspecified atom stereocenters. The second kappa shape index (κ2) is 5.65. The fraction of sp³-hybridized carbons (Fsp3) is 0.588. The van der Waals surface area contributed by atoms with Crippen molar-refractivity contribution in [2.24, 2.45) is 5.92 Å². The number of hydrogen-bond donors (Lipinski definition) is 1. The van der Waals surface area contributed by atoms with Gasteiger partial charge >= 0.3 is 0 Å². The molecule has 2 nitrogen and oxygen atoms in total. The number of halogens is 1. The van der Waals surface area contributed by atoms with Gasteiger partial charge in [0.05, 0.1) is 0 Å². The monoisotopic (exact) mass is 275 g/mol. The number of aldehydes is 1. The quantitative estimate of drug-likeness (QED) is 0.836. The molecule has 1 aromatic carbocycles. The summed E-state index contributed by atoms with van der Waals surface area (Å²) in [6, 6.07) is 10.9. The van der Waals surface area contributed by atoms with Gasteiger partial charge in [-0.2, -0.15) is 0 Å². The number of carbonyl (C=O) groups excluding carboxylic acids is 1. The second-order valence-corrected chi connectivity index (χ2v) is 6.36. The van der Waals surface area contributed by atoms with Gasteiger partial charge in [-0.1, -0.05) is 30.3 Å². The summed E-state index contributed by atoms with van der Waals surface area (Å²) in [7, 11) is 0. The van der Waals surface area contributed by atoms with Crippen LogP contribution in [0.3, 0.4) is 0 Å². The molecule has 2 aliphatic carbocycles. The van der Waals surface area contributed by atoms with Crippen molar-refractivity contribution in [3.63, 3.8) is 0 Å². The Labute approximate surface area is 119 Å². The summed E-state index contributed by atoms with van der Waals surface area (Å²) in [5.74, 6) is 0.628. The Morgan fingerprint density at radius 3 is 2.60 bits per heavy atom. The molecule has 2 atom stereocenters. The van der Waals surface area contributed by atoms with Crippen LogP contribution in [0.2, 0.25) is 0 Å². The maximum atomic E-state index is 14.6. The van der Waals surface area contributed by atoms with Gasteiger partial charge in [-0.15, -0.1) is 0 Å². The van der Waals surface area contributed by atoms with Gasteiger partial charge < -0.3 is 10.1 Å². The Bertz CT molecular complexity index is 453. The fourth-order valence-corrected chi connectivity index (χ4v) is 3.27. The Hall–Kier alpha value is -1.22. The van der Waals surface area contributed by atoms with Gasteiger partial charge in [0.25, 0.3) is 0 Å². The van der Waals surface area contributed by atoms with Crippen LogP contribution < -0.4 is 5.32 Å². The van der Waals surface area contributed by atoms with Gasteiger partial charge in [-0.3, -0.25) is 0 Å². The first-order valence-electron chi connectivity index (χ1n) is 7.63. The van der Waals surface area contributed by atoms with E-state index in [0.717, 1.165) is 12.7 Å². The van der Waals surface area contributed by atoms with Crippen LogP contribution in [0.25, 0.3) is 0 Å². The van der Waals surface area contributed by atoms with Crippen molar-refractivity contribution >= 4 is 6.29 Å². The molecule has 0 saturated heterocycles. The normalized spacial score (nSPS) is 36.5. The summed E-state index contributed by atoms with van der Waals surface area (Å²) in [5, 5.41) is 3.38. The largest absolute Gasteiger partial charge is 0.310 e. The third-order valence-electron chi connectivity index (χ3n) is 4.82. The number of carbonyl (C=O) groups is 1. The molecule has 0 heterocycles. The van der Waals surface area contributed by atoms with E-state index < -0.39 is 5.67 Å².